The molecule has 19 heavy (non-hydrogen) atoms. The van der Waals surface area contributed by atoms with E-state index in [1.54, 1.807) is 6.92 Å². The maximum absolute atomic E-state index is 12.1. The van der Waals surface area contributed by atoms with Gasteiger partial charge in [0.15, 0.2) is 5.82 Å². The maximum Gasteiger partial charge on any atom is 0.226 e. The Morgan fingerprint density at radius 1 is 1.42 bits per heavy atom. The molecule has 1 aliphatic rings. The van der Waals surface area contributed by atoms with Crippen LogP contribution in [0.5, 0.6) is 0 Å². The molecule has 0 aliphatic carbocycles. The molecule has 2 rings (SSSR count). The van der Waals surface area contributed by atoms with Crippen LogP contribution in [0.4, 0.5) is 0 Å². The summed E-state index contributed by atoms with van der Waals surface area (Å²) in [6.07, 6.45) is 1.97. The molecule has 0 saturated carbocycles. The number of rotatable bonds is 4. The van der Waals surface area contributed by atoms with Gasteiger partial charge in [0, 0.05) is 38.0 Å². The number of nitrogens with one attached hydrogen (secondary N) is 1. The minimum absolute atomic E-state index is 0.219. The molecule has 106 valence electrons. The number of aryl methyl sites for hydroxylation is 2. The highest BCUT2D eigenvalue weighted by Crippen LogP contribution is 2.09. The largest absolute Gasteiger partial charge is 0.340 e. The van der Waals surface area contributed by atoms with Gasteiger partial charge in [-0.1, -0.05) is 5.16 Å². The first kappa shape index (κ1) is 14.0. The lowest BCUT2D eigenvalue weighted by Gasteiger charge is -2.36. The summed E-state index contributed by atoms with van der Waals surface area (Å²) in [6, 6.07) is 0.734. The summed E-state index contributed by atoms with van der Waals surface area (Å²) in [5.41, 5.74) is 0. The monoisotopic (exact) mass is 266 g/mol. The van der Waals surface area contributed by atoms with Gasteiger partial charge in [0.05, 0.1) is 0 Å². The van der Waals surface area contributed by atoms with E-state index < -0.39 is 0 Å². The molecular weight excluding hydrogens is 244 g/mol. The van der Waals surface area contributed by atoms with Crippen LogP contribution in [-0.4, -0.2) is 46.1 Å². The van der Waals surface area contributed by atoms with Gasteiger partial charge in [-0.3, -0.25) is 4.79 Å². The SMILES string of the molecule is Cc1noc(CCCC(=O)N2C[C@@H](C)N[C@@H](C)C2)n1. The van der Waals surface area contributed by atoms with Crippen LogP contribution in [-0.2, 0) is 11.2 Å². The number of carbonyl (C=O) groups is 1. The van der Waals surface area contributed by atoms with Crippen molar-refractivity contribution in [3.63, 3.8) is 0 Å². The molecule has 1 fully saturated rings. The number of hydrogen-bond donors (Lipinski definition) is 1. The minimum Gasteiger partial charge on any atom is -0.340 e. The van der Waals surface area contributed by atoms with Gasteiger partial charge in [-0.25, -0.2) is 0 Å². The molecular formula is C13H22N4O2. The zero-order chi connectivity index (χ0) is 13.8. The number of nitrogens with zero attached hydrogens (tertiary/aromatic N) is 3. The van der Waals surface area contributed by atoms with Gasteiger partial charge in [-0.15, -0.1) is 0 Å². The smallest absolute Gasteiger partial charge is 0.226 e. The Labute approximate surface area is 113 Å². The average Bonchev–Trinajstić information content (AvgIpc) is 2.73. The highest BCUT2D eigenvalue weighted by molar-refractivity contribution is 5.76. The molecule has 1 aromatic heterocycles. The van der Waals surface area contributed by atoms with Crippen LogP contribution in [0.3, 0.4) is 0 Å². The van der Waals surface area contributed by atoms with Crippen molar-refractivity contribution in [1.29, 1.82) is 0 Å². The first-order chi connectivity index (χ1) is 9.04. The van der Waals surface area contributed by atoms with Gasteiger partial charge in [-0.05, 0) is 27.2 Å². The molecule has 2 heterocycles. The summed E-state index contributed by atoms with van der Waals surface area (Å²) in [7, 11) is 0. The van der Waals surface area contributed by atoms with E-state index in [0.717, 1.165) is 19.5 Å². The number of carbonyl (C=O) groups excluding carboxylic acids is 1. The van der Waals surface area contributed by atoms with E-state index in [1.165, 1.54) is 0 Å². The third kappa shape index (κ3) is 4.02. The summed E-state index contributed by atoms with van der Waals surface area (Å²) < 4.78 is 5.03. The first-order valence-electron chi connectivity index (χ1n) is 6.87. The standard InChI is InChI=1S/C13H22N4O2/c1-9-7-17(8-10(2)14-9)13(18)6-4-5-12-15-11(3)16-19-12/h9-10,14H,4-8H2,1-3H3/t9-,10+. The fourth-order valence-corrected chi connectivity index (χ4v) is 2.52. The van der Waals surface area contributed by atoms with Crippen molar-refractivity contribution in [3.8, 4) is 0 Å². The summed E-state index contributed by atoms with van der Waals surface area (Å²) in [5, 5.41) is 7.16. The highest BCUT2D eigenvalue weighted by Gasteiger charge is 2.24. The maximum atomic E-state index is 12.1. The second-order valence-corrected chi connectivity index (χ2v) is 5.36. The summed E-state index contributed by atoms with van der Waals surface area (Å²) >= 11 is 0. The molecule has 0 radical (unpaired) electrons. The molecule has 2 atom stereocenters. The molecule has 6 heteroatoms. The van der Waals surface area contributed by atoms with Crippen LogP contribution >= 0.6 is 0 Å². The lowest BCUT2D eigenvalue weighted by atomic mass is 10.1. The van der Waals surface area contributed by atoms with Crippen molar-refractivity contribution in [1.82, 2.24) is 20.4 Å². The number of aromatic nitrogens is 2. The molecule has 0 unspecified atom stereocenters. The van der Waals surface area contributed by atoms with Crippen LogP contribution in [0, 0.1) is 6.92 Å². The normalized spacial score (nSPS) is 23.6. The second-order valence-electron chi connectivity index (χ2n) is 5.36. The van der Waals surface area contributed by atoms with Crippen molar-refractivity contribution < 1.29 is 9.32 Å². The highest BCUT2D eigenvalue weighted by atomic mass is 16.5. The summed E-state index contributed by atoms with van der Waals surface area (Å²) in [5.74, 6) is 1.48. The number of hydrogen-bond acceptors (Lipinski definition) is 5. The topological polar surface area (TPSA) is 71.3 Å². The number of amides is 1. The van der Waals surface area contributed by atoms with E-state index in [9.17, 15) is 4.79 Å². The average molecular weight is 266 g/mol. The van der Waals surface area contributed by atoms with E-state index >= 15 is 0 Å². The third-order valence-electron chi connectivity index (χ3n) is 3.26. The summed E-state index contributed by atoms with van der Waals surface area (Å²) in [4.78, 5) is 18.2. The van der Waals surface area contributed by atoms with Crippen LogP contribution in [0.1, 0.15) is 38.4 Å². The predicted octanol–water partition coefficient (Wildman–Crippen LogP) is 0.910. The van der Waals surface area contributed by atoms with Gasteiger partial charge in [0.25, 0.3) is 0 Å². The Bertz CT molecular complexity index is 422. The van der Waals surface area contributed by atoms with Crippen molar-refractivity contribution >= 4 is 5.91 Å². The first-order valence-corrected chi connectivity index (χ1v) is 6.87. The van der Waals surface area contributed by atoms with Crippen molar-refractivity contribution in [2.45, 2.75) is 52.1 Å². The fraction of sp³-hybridized carbons (Fsp3) is 0.769. The van der Waals surface area contributed by atoms with Crippen LogP contribution in [0.15, 0.2) is 4.52 Å². The van der Waals surface area contributed by atoms with Crippen LogP contribution < -0.4 is 5.32 Å². The Balaban J connectivity index is 1.74. The molecule has 0 bridgehead atoms. The molecule has 1 aliphatic heterocycles. The van der Waals surface area contributed by atoms with E-state index in [-0.39, 0.29) is 5.91 Å². The van der Waals surface area contributed by atoms with E-state index in [2.05, 4.69) is 29.3 Å². The molecule has 0 aromatic carbocycles. The Hall–Kier alpha value is -1.43. The van der Waals surface area contributed by atoms with Crippen molar-refractivity contribution in [2.24, 2.45) is 0 Å². The summed E-state index contributed by atoms with van der Waals surface area (Å²) in [6.45, 7) is 7.60. The molecule has 0 spiro atoms. The lowest BCUT2D eigenvalue weighted by Crippen LogP contribution is -2.55. The Kier molecular flexibility index (Phi) is 4.52. The number of piperazine rings is 1. The molecule has 6 nitrogen and oxygen atoms in total. The molecule has 1 N–H and O–H groups in total. The van der Waals surface area contributed by atoms with Gasteiger partial charge in [0.2, 0.25) is 11.8 Å². The van der Waals surface area contributed by atoms with E-state index in [1.807, 2.05) is 4.90 Å². The van der Waals surface area contributed by atoms with E-state index in [0.29, 0.717) is 36.6 Å². The van der Waals surface area contributed by atoms with Gasteiger partial charge < -0.3 is 14.7 Å². The molecule has 1 amide bonds. The van der Waals surface area contributed by atoms with Crippen LogP contribution in [0.2, 0.25) is 0 Å². The Morgan fingerprint density at radius 3 is 2.68 bits per heavy atom. The van der Waals surface area contributed by atoms with Gasteiger partial charge in [-0.2, -0.15) is 4.98 Å². The zero-order valence-corrected chi connectivity index (χ0v) is 11.8. The zero-order valence-electron chi connectivity index (χ0n) is 11.8. The third-order valence-corrected chi connectivity index (χ3v) is 3.26. The minimum atomic E-state index is 0.219. The van der Waals surface area contributed by atoms with Gasteiger partial charge >= 0.3 is 0 Å². The fourth-order valence-electron chi connectivity index (χ4n) is 2.52. The quantitative estimate of drug-likeness (QED) is 0.877. The Morgan fingerprint density at radius 2 is 2.11 bits per heavy atom. The molecule has 1 saturated heterocycles. The van der Waals surface area contributed by atoms with Crippen LogP contribution in [0.25, 0.3) is 0 Å². The molecule has 1 aromatic rings. The predicted molar refractivity (Wildman–Crippen MR) is 70.6 cm³/mol. The lowest BCUT2D eigenvalue weighted by molar-refractivity contribution is -0.133. The van der Waals surface area contributed by atoms with Gasteiger partial charge in [0.1, 0.15) is 0 Å². The van der Waals surface area contributed by atoms with Crippen molar-refractivity contribution in [3.05, 3.63) is 11.7 Å². The second kappa shape index (κ2) is 6.14. The van der Waals surface area contributed by atoms with E-state index in [4.69, 9.17) is 4.52 Å². The van der Waals surface area contributed by atoms with Crippen molar-refractivity contribution in [2.75, 3.05) is 13.1 Å².